The first-order valence-electron chi connectivity index (χ1n) is 3.73. The molecule has 1 aliphatic rings. The zero-order valence-electron chi connectivity index (χ0n) is 6.76. The number of hydrogen-bond acceptors (Lipinski definition) is 3. The molecule has 11 heavy (non-hydrogen) atoms. The van der Waals surface area contributed by atoms with Crippen molar-refractivity contribution in [2.45, 2.75) is 25.5 Å². The Balaban J connectivity index is 2.33. The third kappa shape index (κ3) is 2.54. The van der Waals surface area contributed by atoms with Crippen LogP contribution in [-0.4, -0.2) is 22.9 Å². The van der Waals surface area contributed by atoms with E-state index in [0.29, 0.717) is 11.7 Å². The fourth-order valence-electron chi connectivity index (χ4n) is 0.753. The molecule has 0 aromatic rings. The zero-order chi connectivity index (χ0) is 8.27. The lowest BCUT2D eigenvalue weighted by Crippen LogP contribution is -2.26. The molecular weight excluding hydrogens is 160 g/mol. The SMILES string of the molecule is CCC(=O)NC1=NCC(C)S1. The lowest BCUT2D eigenvalue weighted by Gasteiger charge is -2.01. The summed E-state index contributed by atoms with van der Waals surface area (Å²) < 4.78 is 0. The van der Waals surface area contributed by atoms with Crippen molar-refractivity contribution in [3.63, 3.8) is 0 Å². The molecule has 0 radical (unpaired) electrons. The van der Waals surface area contributed by atoms with E-state index in [1.165, 1.54) is 0 Å². The summed E-state index contributed by atoms with van der Waals surface area (Å²) in [7, 11) is 0. The summed E-state index contributed by atoms with van der Waals surface area (Å²) in [5.74, 6) is 0.0466. The van der Waals surface area contributed by atoms with Gasteiger partial charge in [0.15, 0.2) is 5.17 Å². The molecule has 3 nitrogen and oxygen atoms in total. The minimum Gasteiger partial charge on any atom is -0.305 e. The molecule has 0 saturated carbocycles. The van der Waals surface area contributed by atoms with E-state index >= 15 is 0 Å². The molecule has 0 fully saturated rings. The van der Waals surface area contributed by atoms with E-state index < -0.39 is 0 Å². The largest absolute Gasteiger partial charge is 0.305 e. The molecule has 1 N–H and O–H groups in total. The third-order valence-electron chi connectivity index (χ3n) is 1.37. The van der Waals surface area contributed by atoms with Gasteiger partial charge in [0.05, 0.1) is 6.54 Å². The Bertz CT molecular complexity index is 191. The number of aliphatic imine (C=N–C) groups is 1. The van der Waals surface area contributed by atoms with Crippen LogP contribution in [0.25, 0.3) is 0 Å². The van der Waals surface area contributed by atoms with E-state index in [1.54, 1.807) is 11.8 Å². The van der Waals surface area contributed by atoms with Crippen molar-refractivity contribution >= 4 is 22.8 Å². The van der Waals surface area contributed by atoms with Crippen molar-refractivity contribution in [1.29, 1.82) is 0 Å². The Labute approximate surface area is 70.7 Å². The predicted molar refractivity (Wildman–Crippen MR) is 47.8 cm³/mol. The topological polar surface area (TPSA) is 41.5 Å². The maximum atomic E-state index is 10.9. The van der Waals surface area contributed by atoms with Crippen molar-refractivity contribution in [3.8, 4) is 0 Å². The highest BCUT2D eigenvalue weighted by Gasteiger charge is 2.15. The summed E-state index contributed by atoms with van der Waals surface area (Å²) in [6.07, 6.45) is 0.522. The van der Waals surface area contributed by atoms with E-state index in [-0.39, 0.29) is 5.91 Å². The number of thioether (sulfide) groups is 1. The fraction of sp³-hybridized carbons (Fsp3) is 0.714. The van der Waals surface area contributed by atoms with Crippen LogP contribution >= 0.6 is 11.8 Å². The van der Waals surface area contributed by atoms with Gasteiger partial charge in [0.1, 0.15) is 0 Å². The normalized spacial score (nSPS) is 23.1. The van der Waals surface area contributed by atoms with Crippen LogP contribution in [0.1, 0.15) is 20.3 Å². The zero-order valence-corrected chi connectivity index (χ0v) is 7.57. The molecule has 0 aromatic heterocycles. The highest BCUT2D eigenvalue weighted by Crippen LogP contribution is 2.18. The Morgan fingerprint density at radius 1 is 1.91 bits per heavy atom. The molecule has 1 unspecified atom stereocenters. The van der Waals surface area contributed by atoms with Gasteiger partial charge in [-0.25, -0.2) is 0 Å². The van der Waals surface area contributed by atoms with Crippen molar-refractivity contribution < 1.29 is 4.79 Å². The van der Waals surface area contributed by atoms with Gasteiger partial charge in [-0.1, -0.05) is 25.6 Å². The molecule has 1 amide bonds. The van der Waals surface area contributed by atoms with Gasteiger partial charge in [0.2, 0.25) is 5.91 Å². The van der Waals surface area contributed by atoms with E-state index in [4.69, 9.17) is 0 Å². The number of nitrogens with zero attached hydrogens (tertiary/aromatic N) is 1. The van der Waals surface area contributed by atoms with Crippen molar-refractivity contribution in [2.24, 2.45) is 4.99 Å². The first-order chi connectivity index (χ1) is 5.22. The predicted octanol–water partition coefficient (Wildman–Crippen LogP) is 1.00. The summed E-state index contributed by atoms with van der Waals surface area (Å²) >= 11 is 1.63. The first kappa shape index (κ1) is 8.59. The van der Waals surface area contributed by atoms with Crippen molar-refractivity contribution in [2.75, 3.05) is 6.54 Å². The average molecular weight is 172 g/mol. The molecular formula is C7H12N2OS. The van der Waals surface area contributed by atoms with Crippen molar-refractivity contribution in [3.05, 3.63) is 0 Å². The van der Waals surface area contributed by atoms with Gasteiger partial charge >= 0.3 is 0 Å². The number of carbonyl (C=O) groups is 1. The second kappa shape index (κ2) is 3.76. The number of carbonyl (C=O) groups excluding carboxylic acids is 1. The molecule has 0 aliphatic carbocycles. The van der Waals surface area contributed by atoms with Crippen LogP contribution in [0.3, 0.4) is 0 Å². The highest BCUT2D eigenvalue weighted by molar-refractivity contribution is 8.14. The average Bonchev–Trinajstić information content (AvgIpc) is 2.35. The molecule has 62 valence electrons. The molecule has 0 aromatic carbocycles. The molecule has 1 aliphatic heterocycles. The number of rotatable bonds is 1. The molecule has 0 saturated heterocycles. The molecule has 4 heteroatoms. The number of nitrogens with one attached hydrogen (secondary N) is 1. The Kier molecular flexibility index (Phi) is 2.93. The van der Waals surface area contributed by atoms with Gasteiger partial charge in [-0.3, -0.25) is 9.79 Å². The first-order valence-corrected chi connectivity index (χ1v) is 4.61. The summed E-state index contributed by atoms with van der Waals surface area (Å²) in [4.78, 5) is 15.0. The number of amidine groups is 1. The Hall–Kier alpha value is -0.510. The highest BCUT2D eigenvalue weighted by atomic mass is 32.2. The maximum absolute atomic E-state index is 10.9. The fourth-order valence-corrected chi connectivity index (χ4v) is 1.61. The van der Waals surface area contributed by atoms with Gasteiger partial charge < -0.3 is 5.32 Å². The van der Waals surface area contributed by atoms with Crippen molar-refractivity contribution in [1.82, 2.24) is 5.32 Å². The summed E-state index contributed by atoms with van der Waals surface area (Å²) in [5, 5.41) is 4.03. The van der Waals surface area contributed by atoms with Gasteiger partial charge in [-0.2, -0.15) is 0 Å². The van der Waals surface area contributed by atoms with Gasteiger partial charge in [-0.15, -0.1) is 0 Å². The monoisotopic (exact) mass is 172 g/mol. The van der Waals surface area contributed by atoms with E-state index in [0.717, 1.165) is 11.7 Å². The number of hydrogen-bond donors (Lipinski definition) is 1. The second-order valence-corrected chi connectivity index (χ2v) is 3.90. The lowest BCUT2D eigenvalue weighted by atomic mass is 10.5. The summed E-state index contributed by atoms with van der Waals surface area (Å²) in [6.45, 7) is 4.75. The van der Waals surface area contributed by atoms with Crippen LogP contribution in [0.5, 0.6) is 0 Å². The van der Waals surface area contributed by atoms with Crippen LogP contribution in [0.2, 0.25) is 0 Å². The van der Waals surface area contributed by atoms with Gasteiger partial charge in [0.25, 0.3) is 0 Å². The second-order valence-electron chi connectivity index (χ2n) is 2.48. The molecule has 0 bridgehead atoms. The molecule has 1 heterocycles. The summed E-state index contributed by atoms with van der Waals surface area (Å²) in [5.41, 5.74) is 0. The van der Waals surface area contributed by atoms with Gasteiger partial charge in [0, 0.05) is 11.7 Å². The Morgan fingerprint density at radius 2 is 2.64 bits per heavy atom. The standard InChI is InChI=1S/C7H12N2OS/c1-3-6(10)9-7-8-4-5(2)11-7/h5H,3-4H2,1-2H3,(H,8,9,10). The Morgan fingerprint density at radius 3 is 3.09 bits per heavy atom. The van der Waals surface area contributed by atoms with Crippen LogP contribution in [0.4, 0.5) is 0 Å². The minimum absolute atomic E-state index is 0.0466. The molecule has 1 atom stereocenters. The summed E-state index contributed by atoms with van der Waals surface area (Å²) in [6, 6.07) is 0. The lowest BCUT2D eigenvalue weighted by molar-refractivity contribution is -0.119. The van der Waals surface area contributed by atoms with E-state index in [1.807, 2.05) is 6.92 Å². The molecule has 0 spiro atoms. The molecule has 1 rings (SSSR count). The van der Waals surface area contributed by atoms with E-state index in [2.05, 4.69) is 17.2 Å². The third-order valence-corrected chi connectivity index (χ3v) is 2.38. The van der Waals surface area contributed by atoms with Gasteiger partial charge in [-0.05, 0) is 0 Å². The number of amides is 1. The van der Waals surface area contributed by atoms with Crippen LogP contribution < -0.4 is 5.32 Å². The quantitative estimate of drug-likeness (QED) is 0.641. The minimum atomic E-state index is 0.0466. The van der Waals surface area contributed by atoms with Crippen LogP contribution in [0, 0.1) is 0 Å². The van der Waals surface area contributed by atoms with Crippen LogP contribution in [0.15, 0.2) is 4.99 Å². The smallest absolute Gasteiger partial charge is 0.225 e. The van der Waals surface area contributed by atoms with Crippen LogP contribution in [-0.2, 0) is 4.79 Å². The maximum Gasteiger partial charge on any atom is 0.225 e. The van der Waals surface area contributed by atoms with E-state index in [9.17, 15) is 4.79 Å².